The van der Waals surface area contributed by atoms with Crippen molar-refractivity contribution in [3.63, 3.8) is 0 Å². The molecule has 0 spiro atoms. The minimum absolute atomic E-state index is 0.0114. The average molecular weight is 414 g/mol. The Kier molecular flexibility index (Phi) is 9.53. The predicted molar refractivity (Wildman–Crippen MR) is 124 cm³/mol. The lowest BCUT2D eigenvalue weighted by Crippen LogP contribution is -2.44. The van der Waals surface area contributed by atoms with E-state index in [2.05, 4.69) is 69.3 Å². The summed E-state index contributed by atoms with van der Waals surface area (Å²) in [4.78, 5) is 15.0. The van der Waals surface area contributed by atoms with Crippen LogP contribution >= 0.6 is 0 Å². The van der Waals surface area contributed by atoms with E-state index in [9.17, 15) is 0 Å². The number of benzene rings is 1. The van der Waals surface area contributed by atoms with Gasteiger partial charge in [-0.3, -0.25) is 9.79 Å². The number of anilines is 1. The summed E-state index contributed by atoms with van der Waals surface area (Å²) in [5, 5.41) is 10.5. The fraction of sp³-hybridized carbons (Fsp3) is 0.455. The highest BCUT2D eigenvalue weighted by molar-refractivity contribution is 5.73. The van der Waals surface area contributed by atoms with Crippen molar-refractivity contribution in [3.05, 3.63) is 54.5 Å². The van der Waals surface area contributed by atoms with Gasteiger partial charge in [-0.25, -0.2) is 0 Å². The molecule has 8 heteroatoms. The van der Waals surface area contributed by atoms with Gasteiger partial charge in [0.1, 0.15) is 5.82 Å². The van der Waals surface area contributed by atoms with E-state index in [0.717, 1.165) is 57.1 Å². The second kappa shape index (κ2) is 12.1. The molecule has 2 fully saturated rings. The monoisotopic (exact) mass is 413 g/mol. The van der Waals surface area contributed by atoms with E-state index in [1.807, 2.05) is 6.08 Å². The minimum Gasteiger partial charge on any atom is -0.372 e. The van der Waals surface area contributed by atoms with Crippen molar-refractivity contribution < 1.29 is 4.79 Å². The summed E-state index contributed by atoms with van der Waals surface area (Å²) < 4.78 is 0. The lowest BCUT2D eigenvalue weighted by molar-refractivity contribution is -0.106. The van der Waals surface area contributed by atoms with Crippen LogP contribution in [0.3, 0.4) is 0 Å². The highest BCUT2D eigenvalue weighted by Gasteiger charge is 2.48. The van der Waals surface area contributed by atoms with Crippen molar-refractivity contribution in [1.29, 1.82) is 0 Å². The molecule has 1 saturated heterocycles. The van der Waals surface area contributed by atoms with E-state index in [4.69, 9.17) is 10.5 Å². The van der Waals surface area contributed by atoms with Crippen molar-refractivity contribution in [3.8, 4) is 0 Å². The van der Waals surface area contributed by atoms with E-state index >= 15 is 0 Å². The Morgan fingerprint density at radius 3 is 2.60 bits per heavy atom. The minimum atomic E-state index is 0.0114. The average Bonchev–Trinajstić information content (AvgIpc) is 3.44. The smallest absolute Gasteiger partial charge is 0.204 e. The van der Waals surface area contributed by atoms with Crippen molar-refractivity contribution in [2.24, 2.45) is 16.5 Å². The number of carbonyl (C=O) groups excluding carboxylic acids is 1. The van der Waals surface area contributed by atoms with Crippen LogP contribution in [0.2, 0.25) is 0 Å². The molecule has 30 heavy (non-hydrogen) atoms. The maximum absolute atomic E-state index is 8.58. The van der Waals surface area contributed by atoms with Crippen LogP contribution in [0, 0.1) is 0 Å². The van der Waals surface area contributed by atoms with Crippen LogP contribution in [-0.2, 0) is 11.3 Å². The molecule has 1 aromatic carbocycles. The van der Waals surface area contributed by atoms with Gasteiger partial charge in [-0.15, -0.1) is 0 Å². The highest BCUT2D eigenvalue weighted by atomic mass is 16.1. The van der Waals surface area contributed by atoms with Gasteiger partial charge in [0.15, 0.2) is 0 Å². The molecular formula is C22H35N7O. The van der Waals surface area contributed by atoms with Gasteiger partial charge >= 0.3 is 0 Å². The number of hydrogen-bond donors (Lipinski definition) is 5. The highest BCUT2D eigenvalue weighted by Crippen LogP contribution is 2.36. The molecule has 0 bridgehead atoms. The first-order chi connectivity index (χ1) is 14.6. The Hall–Kier alpha value is -2.68. The third kappa shape index (κ3) is 7.29. The maximum atomic E-state index is 8.58. The van der Waals surface area contributed by atoms with E-state index in [-0.39, 0.29) is 11.9 Å². The molecule has 2 unspecified atom stereocenters. The lowest BCUT2D eigenvalue weighted by atomic mass is 10.2. The first kappa shape index (κ1) is 23.6. The second-order valence-corrected chi connectivity index (χ2v) is 7.45. The van der Waals surface area contributed by atoms with Gasteiger partial charge in [-0.05, 0) is 36.6 Å². The normalized spacial score (nSPS) is 23.5. The summed E-state index contributed by atoms with van der Waals surface area (Å²) in [6.07, 6.45) is 7.68. The van der Waals surface area contributed by atoms with Crippen molar-refractivity contribution in [2.75, 3.05) is 31.5 Å². The van der Waals surface area contributed by atoms with Crippen molar-refractivity contribution in [2.45, 2.75) is 37.9 Å². The van der Waals surface area contributed by atoms with Crippen molar-refractivity contribution >= 4 is 18.3 Å². The summed E-state index contributed by atoms with van der Waals surface area (Å²) in [7, 11) is 0. The van der Waals surface area contributed by atoms with Gasteiger partial charge < -0.3 is 32.3 Å². The molecule has 0 radical (unpaired) electrons. The first-order valence-corrected chi connectivity index (χ1v) is 10.4. The van der Waals surface area contributed by atoms with E-state index in [1.165, 1.54) is 5.56 Å². The standard InChI is InChI=1S/C21H32N6.CH3NO/c1-3-21(22)15-19(21)25-16-17-5-7-18(8-6-17)26-20(9-10-23-4-2)27-13-11-24-12-14-27;2-1-3/h4-10,19,24-26H,2-3,11-16,22H2,1H3;1H,(H2,2,3)/b20-9+,23-10?;. The maximum Gasteiger partial charge on any atom is 0.204 e. The van der Waals surface area contributed by atoms with Crippen LogP contribution in [0.4, 0.5) is 5.69 Å². The van der Waals surface area contributed by atoms with E-state index < -0.39 is 0 Å². The van der Waals surface area contributed by atoms with Crippen LogP contribution in [0.1, 0.15) is 25.3 Å². The number of primary amides is 1. The molecule has 1 amide bonds. The summed E-state index contributed by atoms with van der Waals surface area (Å²) in [5.41, 5.74) is 12.8. The number of rotatable bonds is 9. The number of hydrogen-bond acceptors (Lipinski definition) is 7. The molecule has 1 aromatic rings. The molecule has 1 saturated carbocycles. The number of nitrogens with one attached hydrogen (secondary N) is 3. The fourth-order valence-corrected chi connectivity index (χ4v) is 3.39. The van der Waals surface area contributed by atoms with Gasteiger partial charge in [-0.2, -0.15) is 0 Å². The molecule has 8 nitrogen and oxygen atoms in total. The predicted octanol–water partition coefficient (Wildman–Crippen LogP) is 1.13. The molecule has 1 heterocycles. The Labute approximate surface area is 179 Å². The summed E-state index contributed by atoms with van der Waals surface area (Å²) in [6.45, 7) is 10.6. The largest absolute Gasteiger partial charge is 0.372 e. The third-order valence-electron chi connectivity index (χ3n) is 5.44. The lowest BCUT2D eigenvalue weighted by Gasteiger charge is -2.31. The topological polar surface area (TPSA) is 121 Å². The quantitative estimate of drug-likeness (QED) is 0.306. The summed E-state index contributed by atoms with van der Waals surface area (Å²) >= 11 is 0. The Bertz CT molecular complexity index is 726. The van der Waals surface area contributed by atoms with Crippen LogP contribution in [0.25, 0.3) is 0 Å². The fourth-order valence-electron chi connectivity index (χ4n) is 3.39. The second-order valence-electron chi connectivity index (χ2n) is 7.45. The summed E-state index contributed by atoms with van der Waals surface area (Å²) in [5.74, 6) is 1.06. The zero-order valence-electron chi connectivity index (χ0n) is 17.8. The first-order valence-electron chi connectivity index (χ1n) is 10.4. The molecule has 3 rings (SSSR count). The number of amides is 1. The number of carbonyl (C=O) groups is 1. The number of aliphatic imine (C=N–C) groups is 1. The van der Waals surface area contributed by atoms with Crippen LogP contribution in [-0.4, -0.2) is 55.3 Å². The van der Waals surface area contributed by atoms with Gasteiger partial charge in [0.05, 0.1) is 0 Å². The van der Waals surface area contributed by atoms with Crippen LogP contribution in [0.5, 0.6) is 0 Å². The Morgan fingerprint density at radius 2 is 2.03 bits per heavy atom. The molecular weight excluding hydrogens is 378 g/mol. The molecule has 1 aliphatic carbocycles. The van der Waals surface area contributed by atoms with Crippen LogP contribution in [0.15, 0.2) is 53.9 Å². The van der Waals surface area contributed by atoms with Gasteiger partial charge in [-0.1, -0.05) is 25.6 Å². The Balaban J connectivity index is 0.00000101. The molecule has 1 aliphatic heterocycles. The molecule has 0 aromatic heterocycles. The van der Waals surface area contributed by atoms with Gasteiger partial charge in [0.2, 0.25) is 6.41 Å². The molecule has 2 atom stereocenters. The molecule has 7 N–H and O–H groups in total. The number of nitrogens with two attached hydrogens (primary N) is 2. The zero-order valence-corrected chi connectivity index (χ0v) is 17.8. The van der Waals surface area contributed by atoms with E-state index in [0.29, 0.717) is 6.04 Å². The van der Waals surface area contributed by atoms with Crippen LogP contribution < -0.4 is 27.4 Å². The number of nitrogens with zero attached hydrogens (tertiary/aromatic N) is 2. The number of allylic oxidation sites excluding steroid dienone is 1. The molecule has 164 valence electrons. The number of piperazine rings is 1. The Morgan fingerprint density at radius 1 is 1.37 bits per heavy atom. The SMILES string of the molecule is C=CN=C/C=C(\Nc1ccc(CNC2CC2(N)CC)cc1)N1CCNCC1.NC=O. The third-order valence-corrected chi connectivity index (χ3v) is 5.44. The summed E-state index contributed by atoms with van der Waals surface area (Å²) in [6, 6.07) is 9.02. The van der Waals surface area contributed by atoms with E-state index in [1.54, 1.807) is 12.4 Å². The van der Waals surface area contributed by atoms with Gasteiger partial charge in [0, 0.05) is 62.4 Å². The van der Waals surface area contributed by atoms with Gasteiger partial charge in [0.25, 0.3) is 0 Å². The zero-order chi connectivity index (χ0) is 21.8. The van der Waals surface area contributed by atoms with Crippen molar-refractivity contribution in [1.82, 2.24) is 15.5 Å². The molecule has 2 aliphatic rings.